The molecule has 2 rings (SSSR count). The molecule has 1 fully saturated rings. The highest BCUT2D eigenvalue weighted by atomic mass is 35.5. The van der Waals surface area contributed by atoms with Crippen LogP contribution in [0.3, 0.4) is 0 Å². The summed E-state index contributed by atoms with van der Waals surface area (Å²) in [6, 6.07) is 5.28. The monoisotopic (exact) mass is 338 g/mol. The van der Waals surface area contributed by atoms with E-state index in [1.165, 1.54) is 24.3 Å². The van der Waals surface area contributed by atoms with Crippen molar-refractivity contribution in [2.24, 2.45) is 0 Å². The number of halogens is 1. The van der Waals surface area contributed by atoms with E-state index >= 15 is 0 Å². The Bertz CT molecular complexity index is 607. The molecule has 1 aromatic rings. The largest absolute Gasteiger partial charge is 0.345 e. The summed E-state index contributed by atoms with van der Waals surface area (Å²) in [6.45, 7) is 0. The Labute approximate surface area is 123 Å². The van der Waals surface area contributed by atoms with Crippen LogP contribution in [0.4, 0.5) is 0 Å². The Balaban J connectivity index is 2.18. The maximum Gasteiger partial charge on any atom is 0.345 e. The van der Waals surface area contributed by atoms with Gasteiger partial charge in [0, 0.05) is 5.02 Å². The van der Waals surface area contributed by atoms with Gasteiger partial charge in [-0.05, 0) is 37.1 Å². The quantitative estimate of drug-likeness (QED) is 0.849. The Morgan fingerprint density at radius 3 is 2.25 bits per heavy atom. The van der Waals surface area contributed by atoms with E-state index in [0.29, 0.717) is 17.9 Å². The lowest BCUT2D eigenvalue weighted by atomic mass is 10.0. The van der Waals surface area contributed by atoms with Crippen LogP contribution in [-0.2, 0) is 18.7 Å². The van der Waals surface area contributed by atoms with Crippen LogP contribution in [0.1, 0.15) is 32.1 Å². The predicted molar refractivity (Wildman–Crippen MR) is 76.4 cm³/mol. The number of hydrogen-bond acceptors (Lipinski definition) is 4. The summed E-state index contributed by atoms with van der Waals surface area (Å²) in [5, 5.41) is 0.378. The van der Waals surface area contributed by atoms with Gasteiger partial charge in [0.05, 0.1) is 10.6 Å². The van der Waals surface area contributed by atoms with Gasteiger partial charge in [0.15, 0.2) is 0 Å². The summed E-state index contributed by atoms with van der Waals surface area (Å²) in [6.07, 6.45) is 3.67. The second-order valence-corrected chi connectivity index (χ2v) is 9.11. The van der Waals surface area contributed by atoms with Gasteiger partial charge in [-0.15, -0.1) is 0 Å². The van der Waals surface area contributed by atoms with Crippen LogP contribution in [0.25, 0.3) is 0 Å². The normalized spacial score (nSPS) is 20.5. The van der Waals surface area contributed by atoms with Crippen molar-refractivity contribution in [3.8, 4) is 0 Å². The van der Waals surface area contributed by atoms with Gasteiger partial charge in [-0.1, -0.05) is 30.9 Å². The van der Waals surface area contributed by atoms with Gasteiger partial charge in [-0.25, -0.2) is 0 Å². The lowest BCUT2D eigenvalue weighted by molar-refractivity contribution is 0.343. The summed E-state index contributed by atoms with van der Waals surface area (Å²) < 4.78 is 40.8. The molecular formula is C12H16ClO5PS. The van der Waals surface area contributed by atoms with E-state index in [1.54, 1.807) is 0 Å². The second-order valence-electron chi connectivity index (χ2n) is 4.84. The van der Waals surface area contributed by atoms with E-state index in [1.807, 2.05) is 0 Å². The fraction of sp³-hybridized carbons (Fsp3) is 0.500. The molecule has 1 N–H and O–H groups in total. The maximum atomic E-state index is 12.2. The van der Waals surface area contributed by atoms with Crippen molar-refractivity contribution in [2.45, 2.75) is 42.7 Å². The first-order valence-corrected chi connectivity index (χ1v) is 9.79. The highest BCUT2D eigenvalue weighted by molar-refractivity contribution is 7.91. The Morgan fingerprint density at radius 1 is 1.15 bits per heavy atom. The van der Waals surface area contributed by atoms with E-state index in [4.69, 9.17) is 11.6 Å². The molecule has 1 aromatic carbocycles. The first kappa shape index (κ1) is 16.0. The van der Waals surface area contributed by atoms with Gasteiger partial charge in [-0.3, -0.25) is 4.57 Å². The summed E-state index contributed by atoms with van der Waals surface area (Å²) >= 11 is 5.68. The minimum absolute atomic E-state index is 0.174. The average molecular weight is 339 g/mol. The van der Waals surface area contributed by atoms with Gasteiger partial charge in [-0.2, -0.15) is 12.4 Å². The molecule has 0 bridgehead atoms. The van der Waals surface area contributed by atoms with Gasteiger partial charge >= 0.3 is 17.7 Å². The third-order valence-corrected chi connectivity index (χ3v) is 7.52. The summed E-state index contributed by atoms with van der Waals surface area (Å²) in [5.41, 5.74) is -0.599. The second kappa shape index (κ2) is 6.16. The smallest absolute Gasteiger partial charge is 0.323 e. The number of benzene rings is 1. The third kappa shape index (κ3) is 3.83. The van der Waals surface area contributed by atoms with Crippen LogP contribution in [-0.4, -0.2) is 19.0 Å². The summed E-state index contributed by atoms with van der Waals surface area (Å²) in [7, 11) is -8.44. The molecule has 0 radical (unpaired) electrons. The molecule has 5 nitrogen and oxygen atoms in total. The molecule has 1 saturated carbocycles. The van der Waals surface area contributed by atoms with E-state index in [2.05, 4.69) is 3.97 Å². The fourth-order valence-electron chi connectivity index (χ4n) is 2.25. The van der Waals surface area contributed by atoms with Gasteiger partial charge < -0.3 is 4.89 Å². The van der Waals surface area contributed by atoms with Crippen LogP contribution >= 0.6 is 19.2 Å². The number of rotatable bonds is 4. The first-order valence-electron chi connectivity index (χ1n) is 6.35. The first-order chi connectivity index (χ1) is 9.31. The molecule has 0 aliphatic heterocycles. The van der Waals surface area contributed by atoms with Crippen LogP contribution in [0, 0.1) is 0 Å². The molecule has 1 aliphatic carbocycles. The van der Waals surface area contributed by atoms with E-state index < -0.39 is 23.4 Å². The van der Waals surface area contributed by atoms with Crippen molar-refractivity contribution < 1.29 is 21.8 Å². The molecule has 1 unspecified atom stereocenters. The average Bonchev–Trinajstić information content (AvgIpc) is 2.39. The zero-order chi connectivity index (χ0) is 14.8. The van der Waals surface area contributed by atoms with Crippen LogP contribution in [0.5, 0.6) is 0 Å². The molecule has 112 valence electrons. The summed E-state index contributed by atoms with van der Waals surface area (Å²) in [4.78, 5) is 9.74. The molecule has 0 aromatic heterocycles. The molecule has 0 saturated heterocycles. The topological polar surface area (TPSA) is 80.7 Å². The molecule has 0 spiro atoms. The van der Waals surface area contributed by atoms with Crippen molar-refractivity contribution >= 4 is 29.3 Å². The lowest BCUT2D eigenvalue weighted by Crippen LogP contribution is -2.17. The zero-order valence-electron chi connectivity index (χ0n) is 10.7. The van der Waals surface area contributed by atoms with Gasteiger partial charge in [0.25, 0.3) is 0 Å². The fourth-order valence-corrected chi connectivity index (χ4v) is 5.82. The van der Waals surface area contributed by atoms with Crippen LogP contribution in [0.2, 0.25) is 5.02 Å². The SMILES string of the molecule is O=P(O)(OS(=O)(=O)c1ccc(Cl)cc1)C1CCCCC1. The molecule has 8 heteroatoms. The molecule has 1 aliphatic rings. The Morgan fingerprint density at radius 2 is 1.70 bits per heavy atom. The predicted octanol–water partition coefficient (Wildman–Crippen LogP) is 3.56. The lowest BCUT2D eigenvalue weighted by Gasteiger charge is -2.25. The van der Waals surface area contributed by atoms with E-state index in [-0.39, 0.29) is 4.90 Å². The van der Waals surface area contributed by atoms with E-state index in [9.17, 15) is 17.9 Å². The molecule has 20 heavy (non-hydrogen) atoms. The molecular weight excluding hydrogens is 323 g/mol. The zero-order valence-corrected chi connectivity index (χ0v) is 13.2. The van der Waals surface area contributed by atoms with E-state index in [0.717, 1.165) is 19.3 Å². The van der Waals surface area contributed by atoms with Crippen molar-refractivity contribution in [2.75, 3.05) is 0 Å². The Kier molecular flexibility index (Phi) is 4.92. The molecule has 1 atom stereocenters. The Hall–Kier alpha value is -0.390. The summed E-state index contributed by atoms with van der Waals surface area (Å²) in [5.74, 6) is 0. The highest BCUT2D eigenvalue weighted by Gasteiger charge is 2.38. The van der Waals surface area contributed by atoms with Crippen molar-refractivity contribution in [3.63, 3.8) is 0 Å². The highest BCUT2D eigenvalue weighted by Crippen LogP contribution is 2.54. The third-order valence-electron chi connectivity index (χ3n) is 3.34. The van der Waals surface area contributed by atoms with Crippen molar-refractivity contribution in [1.29, 1.82) is 0 Å². The number of hydrogen-bond donors (Lipinski definition) is 1. The van der Waals surface area contributed by atoms with Gasteiger partial charge in [0.2, 0.25) is 0 Å². The maximum absolute atomic E-state index is 12.2. The molecule has 0 amide bonds. The van der Waals surface area contributed by atoms with Crippen LogP contribution < -0.4 is 0 Å². The minimum atomic E-state index is -4.26. The standard InChI is InChI=1S/C12H16ClO5PS/c13-10-6-8-12(9-7-10)20(16,17)18-19(14,15)11-4-2-1-3-5-11/h6-9,11H,1-5H2,(H,14,15). The molecule has 0 heterocycles. The van der Waals surface area contributed by atoms with Crippen LogP contribution in [0.15, 0.2) is 29.2 Å². The minimum Gasteiger partial charge on any atom is -0.323 e. The van der Waals surface area contributed by atoms with Crippen molar-refractivity contribution in [3.05, 3.63) is 29.3 Å². The van der Waals surface area contributed by atoms with Gasteiger partial charge in [0.1, 0.15) is 0 Å². The van der Waals surface area contributed by atoms with Crippen molar-refractivity contribution in [1.82, 2.24) is 0 Å².